The Labute approximate surface area is 195 Å². The normalized spacial score (nSPS) is 13.0. The van der Waals surface area contributed by atoms with E-state index in [1.165, 1.54) is 0 Å². The van der Waals surface area contributed by atoms with Gasteiger partial charge in [-0.2, -0.15) is 0 Å². The molecule has 1 aliphatic rings. The molecule has 0 atom stereocenters. The lowest BCUT2D eigenvalue weighted by Crippen LogP contribution is -2.35. The lowest BCUT2D eigenvalue weighted by Gasteiger charge is -2.30. The Morgan fingerprint density at radius 1 is 1.00 bits per heavy atom. The zero-order chi connectivity index (χ0) is 22.1. The van der Waals surface area contributed by atoms with Crippen LogP contribution < -0.4 is 10.2 Å². The third kappa shape index (κ3) is 4.53. The Kier molecular flexibility index (Phi) is 6.17. The zero-order valence-electron chi connectivity index (χ0n) is 17.3. The van der Waals surface area contributed by atoms with E-state index in [0.29, 0.717) is 22.7 Å². The van der Waals surface area contributed by atoms with Gasteiger partial charge in [-0.3, -0.25) is 9.59 Å². The molecule has 0 saturated heterocycles. The molecule has 0 radical (unpaired) electrons. The van der Waals surface area contributed by atoms with Gasteiger partial charge in [0, 0.05) is 38.5 Å². The van der Waals surface area contributed by atoms with Crippen molar-refractivity contribution in [3.05, 3.63) is 91.9 Å². The van der Waals surface area contributed by atoms with Crippen LogP contribution in [-0.4, -0.2) is 18.4 Å². The minimum absolute atomic E-state index is 0.0817. The number of carbonyl (C=O) groups is 2. The highest BCUT2D eigenvalue weighted by Crippen LogP contribution is 2.31. The Morgan fingerprint density at radius 2 is 1.74 bits per heavy atom. The van der Waals surface area contributed by atoms with E-state index >= 15 is 0 Å². The lowest BCUT2D eigenvalue weighted by molar-refractivity contribution is 0.0984. The van der Waals surface area contributed by atoms with Crippen LogP contribution in [0.3, 0.4) is 0 Å². The fourth-order valence-corrected chi connectivity index (χ4v) is 4.90. The number of fused-ring (bicyclic) bond motifs is 1. The maximum absolute atomic E-state index is 13.1. The second-order valence-electron chi connectivity index (χ2n) is 7.78. The van der Waals surface area contributed by atoms with Gasteiger partial charge in [0.25, 0.3) is 11.8 Å². The molecule has 0 aromatic heterocycles. The molecule has 2 amide bonds. The maximum atomic E-state index is 13.1. The lowest BCUT2D eigenvalue weighted by atomic mass is 9.98. The summed E-state index contributed by atoms with van der Waals surface area (Å²) < 4.78 is 0.985. The van der Waals surface area contributed by atoms with Crippen molar-refractivity contribution in [2.45, 2.75) is 26.7 Å². The van der Waals surface area contributed by atoms with E-state index < -0.39 is 0 Å². The Bertz CT molecular complexity index is 1170. The largest absolute Gasteiger partial charge is 0.322 e. The number of nitrogens with one attached hydrogen (secondary N) is 1. The number of nitrogens with zero attached hydrogens (tertiary/aromatic N) is 1. The van der Waals surface area contributed by atoms with Crippen LogP contribution in [0.15, 0.2) is 59.1 Å². The predicted molar refractivity (Wildman–Crippen MR) is 129 cm³/mol. The van der Waals surface area contributed by atoms with E-state index in [9.17, 15) is 9.59 Å². The van der Waals surface area contributed by atoms with Crippen LogP contribution in [0, 0.1) is 13.8 Å². The first-order valence-corrected chi connectivity index (χ1v) is 11.3. The summed E-state index contributed by atoms with van der Waals surface area (Å²) in [7, 11) is 0. The minimum atomic E-state index is -0.158. The molecular weight excluding hydrogens is 476 g/mol. The van der Waals surface area contributed by atoms with Crippen molar-refractivity contribution in [3.63, 3.8) is 0 Å². The van der Waals surface area contributed by atoms with Gasteiger partial charge in [0.1, 0.15) is 0 Å². The van der Waals surface area contributed by atoms with Crippen molar-refractivity contribution < 1.29 is 9.59 Å². The van der Waals surface area contributed by atoms with Gasteiger partial charge in [0.05, 0.1) is 0 Å². The van der Waals surface area contributed by atoms with Gasteiger partial charge in [-0.15, -0.1) is 0 Å². The molecule has 1 N–H and O–H groups in total. The van der Waals surface area contributed by atoms with E-state index in [-0.39, 0.29) is 11.8 Å². The van der Waals surface area contributed by atoms with Gasteiger partial charge in [-0.05, 0) is 91.9 Å². The molecule has 4 rings (SSSR count). The fourth-order valence-electron chi connectivity index (χ4n) is 4.02. The SMILES string of the molecule is Cc1cc(Br)cc(C)c1NC(=O)c1ccc2c(c1)CCCN2C(=O)c1cccc(Cl)c1. The molecule has 158 valence electrons. The second-order valence-corrected chi connectivity index (χ2v) is 9.14. The number of aryl methyl sites for hydroxylation is 3. The average molecular weight is 498 g/mol. The molecule has 4 nitrogen and oxygen atoms in total. The van der Waals surface area contributed by atoms with Crippen molar-refractivity contribution in [2.75, 3.05) is 16.8 Å². The van der Waals surface area contributed by atoms with Crippen LogP contribution >= 0.6 is 27.5 Å². The second kappa shape index (κ2) is 8.85. The summed E-state index contributed by atoms with van der Waals surface area (Å²) in [6.07, 6.45) is 1.67. The molecule has 6 heteroatoms. The number of halogens is 2. The number of carbonyl (C=O) groups excluding carboxylic acids is 2. The standard InChI is InChI=1S/C25H22BrClN2O2/c1-15-11-20(26)12-16(2)23(15)28-24(30)18-8-9-22-17(13-18)6-4-10-29(22)25(31)19-5-3-7-21(27)14-19/h3,5,7-9,11-14H,4,6,10H2,1-2H3,(H,28,30). The molecular formula is C25H22BrClN2O2. The molecule has 0 bridgehead atoms. The van der Waals surface area contributed by atoms with Gasteiger partial charge in [-0.1, -0.05) is 33.6 Å². The number of amides is 2. The van der Waals surface area contributed by atoms with E-state index in [2.05, 4.69) is 21.2 Å². The summed E-state index contributed by atoms with van der Waals surface area (Å²) in [6, 6.07) is 16.5. The van der Waals surface area contributed by atoms with Crippen LogP contribution in [0.5, 0.6) is 0 Å². The summed E-state index contributed by atoms with van der Waals surface area (Å²) in [5.41, 5.74) is 5.81. The summed E-state index contributed by atoms with van der Waals surface area (Å²) in [6.45, 7) is 4.58. The number of rotatable bonds is 3. The van der Waals surface area contributed by atoms with Crippen molar-refractivity contribution in [2.24, 2.45) is 0 Å². The van der Waals surface area contributed by atoms with Gasteiger partial charge in [0.2, 0.25) is 0 Å². The molecule has 31 heavy (non-hydrogen) atoms. The smallest absolute Gasteiger partial charge is 0.258 e. The molecule has 0 fully saturated rings. The number of hydrogen-bond acceptors (Lipinski definition) is 2. The summed E-state index contributed by atoms with van der Waals surface area (Å²) in [5, 5.41) is 3.58. The molecule has 0 unspecified atom stereocenters. The number of benzene rings is 3. The molecule has 0 spiro atoms. The van der Waals surface area contributed by atoms with E-state index in [4.69, 9.17) is 11.6 Å². The highest BCUT2D eigenvalue weighted by Gasteiger charge is 2.25. The molecule has 0 saturated carbocycles. The van der Waals surface area contributed by atoms with E-state index in [1.54, 1.807) is 35.2 Å². The zero-order valence-corrected chi connectivity index (χ0v) is 19.7. The van der Waals surface area contributed by atoms with Gasteiger partial charge in [-0.25, -0.2) is 0 Å². The maximum Gasteiger partial charge on any atom is 0.258 e. The summed E-state index contributed by atoms with van der Waals surface area (Å²) >= 11 is 9.55. The van der Waals surface area contributed by atoms with Gasteiger partial charge < -0.3 is 10.2 Å². The van der Waals surface area contributed by atoms with Crippen LogP contribution in [0.25, 0.3) is 0 Å². The number of hydrogen-bond donors (Lipinski definition) is 1. The molecule has 3 aromatic rings. The van der Waals surface area contributed by atoms with Crippen molar-refractivity contribution in [1.82, 2.24) is 0 Å². The van der Waals surface area contributed by atoms with Crippen molar-refractivity contribution in [3.8, 4) is 0 Å². The summed E-state index contributed by atoms with van der Waals surface area (Å²) in [5.74, 6) is -0.239. The van der Waals surface area contributed by atoms with Gasteiger partial charge >= 0.3 is 0 Å². The van der Waals surface area contributed by atoms with Crippen LogP contribution in [0.4, 0.5) is 11.4 Å². The third-order valence-electron chi connectivity index (χ3n) is 5.51. The predicted octanol–water partition coefficient (Wildman–Crippen LogP) is 6.56. The minimum Gasteiger partial charge on any atom is -0.322 e. The Balaban J connectivity index is 1.60. The van der Waals surface area contributed by atoms with Crippen LogP contribution in [0.1, 0.15) is 43.8 Å². The molecule has 0 aliphatic carbocycles. The fraction of sp³-hybridized carbons (Fsp3) is 0.200. The van der Waals surface area contributed by atoms with Crippen molar-refractivity contribution in [1.29, 1.82) is 0 Å². The highest BCUT2D eigenvalue weighted by atomic mass is 79.9. The Morgan fingerprint density at radius 3 is 2.45 bits per heavy atom. The van der Waals surface area contributed by atoms with E-state index in [0.717, 1.165) is 45.4 Å². The monoisotopic (exact) mass is 496 g/mol. The van der Waals surface area contributed by atoms with Crippen LogP contribution in [-0.2, 0) is 6.42 Å². The molecule has 3 aromatic carbocycles. The van der Waals surface area contributed by atoms with Crippen molar-refractivity contribution >= 4 is 50.7 Å². The highest BCUT2D eigenvalue weighted by molar-refractivity contribution is 9.10. The molecule has 1 aliphatic heterocycles. The average Bonchev–Trinajstić information content (AvgIpc) is 2.74. The van der Waals surface area contributed by atoms with E-state index in [1.807, 2.05) is 38.1 Å². The number of anilines is 2. The first-order valence-electron chi connectivity index (χ1n) is 10.1. The first-order chi connectivity index (χ1) is 14.8. The quantitative estimate of drug-likeness (QED) is 0.445. The third-order valence-corrected chi connectivity index (χ3v) is 6.21. The molecule has 1 heterocycles. The summed E-state index contributed by atoms with van der Waals surface area (Å²) in [4.78, 5) is 27.8. The van der Waals surface area contributed by atoms with Crippen LogP contribution in [0.2, 0.25) is 5.02 Å². The first kappa shape index (κ1) is 21.6. The Hall–Kier alpha value is -2.63. The topological polar surface area (TPSA) is 49.4 Å². The van der Waals surface area contributed by atoms with Gasteiger partial charge in [0.15, 0.2) is 0 Å².